The fourth-order valence-corrected chi connectivity index (χ4v) is 7.74. The lowest BCUT2D eigenvalue weighted by Crippen LogP contribution is -2.58. The van der Waals surface area contributed by atoms with Gasteiger partial charge in [-0.15, -0.1) is 0 Å². The molecule has 1 saturated carbocycles. The molecule has 0 radical (unpaired) electrons. The van der Waals surface area contributed by atoms with Gasteiger partial charge in [0.05, 0.1) is 41.9 Å². The van der Waals surface area contributed by atoms with E-state index in [1.54, 1.807) is 6.20 Å². The first kappa shape index (κ1) is 37.8. The maximum absolute atomic E-state index is 13.5. The zero-order valence-corrected chi connectivity index (χ0v) is 31.3. The molecule has 0 aromatic carbocycles. The van der Waals surface area contributed by atoms with Crippen LogP contribution in [0.1, 0.15) is 43.6 Å². The predicted molar refractivity (Wildman–Crippen MR) is 186 cm³/mol. The molecular formula is C33H42F3N9O5SSi. The van der Waals surface area contributed by atoms with Crippen molar-refractivity contribution in [1.29, 1.82) is 5.26 Å². The molecule has 0 spiro atoms. The largest absolute Gasteiger partial charge is 0.474 e. The fourth-order valence-electron chi connectivity index (χ4n) is 6.65. The topological polar surface area (TPSA) is 163 Å². The minimum absolute atomic E-state index is 0.193. The molecule has 1 aliphatic carbocycles. The van der Waals surface area contributed by atoms with E-state index in [9.17, 15) is 26.9 Å². The van der Waals surface area contributed by atoms with Crippen molar-refractivity contribution < 1.29 is 35.2 Å². The lowest BCUT2D eigenvalue weighted by molar-refractivity contribution is -0.145. The maximum atomic E-state index is 13.5. The van der Waals surface area contributed by atoms with Crippen LogP contribution in [0.5, 0.6) is 5.88 Å². The molecule has 4 aromatic rings. The molecule has 0 bridgehead atoms. The Kier molecular flexibility index (Phi) is 10.8. The molecular weight excluding hydrogens is 720 g/mol. The Bertz CT molecular complexity index is 2030. The quantitative estimate of drug-likeness (QED) is 0.0939. The first-order valence-electron chi connectivity index (χ1n) is 17.0. The Morgan fingerprint density at radius 2 is 1.88 bits per heavy atom. The van der Waals surface area contributed by atoms with Gasteiger partial charge in [0.1, 0.15) is 31.4 Å². The second-order valence-corrected chi connectivity index (χ2v) is 22.0. The van der Waals surface area contributed by atoms with Crippen LogP contribution in [0.2, 0.25) is 25.7 Å². The van der Waals surface area contributed by atoms with Gasteiger partial charge < -0.3 is 14.0 Å². The van der Waals surface area contributed by atoms with Crippen LogP contribution >= 0.6 is 0 Å². The highest BCUT2D eigenvalue weighted by molar-refractivity contribution is 7.85. The van der Waals surface area contributed by atoms with Crippen molar-refractivity contribution in [1.82, 2.24) is 39.2 Å². The minimum atomic E-state index is -4.85. The molecule has 0 atom stereocenters. The highest BCUT2D eigenvalue weighted by atomic mass is 32.2. The molecule has 280 valence electrons. The van der Waals surface area contributed by atoms with Crippen molar-refractivity contribution in [2.75, 3.05) is 26.0 Å². The van der Waals surface area contributed by atoms with E-state index >= 15 is 0 Å². The van der Waals surface area contributed by atoms with Crippen molar-refractivity contribution in [2.24, 2.45) is 0 Å². The van der Waals surface area contributed by atoms with Crippen LogP contribution in [-0.2, 0) is 44.1 Å². The van der Waals surface area contributed by atoms with E-state index in [4.69, 9.17) is 14.6 Å². The molecule has 0 unspecified atom stereocenters. The van der Waals surface area contributed by atoms with Crippen LogP contribution < -0.4 is 4.74 Å². The normalized spacial score (nSPS) is 20.5. The first-order valence-corrected chi connectivity index (χ1v) is 22.5. The van der Waals surface area contributed by atoms with Crippen molar-refractivity contribution in [3.05, 3.63) is 48.6 Å². The van der Waals surface area contributed by atoms with Crippen LogP contribution in [0, 0.1) is 11.3 Å². The molecule has 1 saturated heterocycles. The van der Waals surface area contributed by atoms with Crippen LogP contribution in [0.25, 0.3) is 22.3 Å². The van der Waals surface area contributed by atoms with Gasteiger partial charge >= 0.3 is 6.18 Å². The summed E-state index contributed by atoms with van der Waals surface area (Å²) in [7, 11) is -5.09. The van der Waals surface area contributed by atoms with Crippen molar-refractivity contribution >= 4 is 29.2 Å². The van der Waals surface area contributed by atoms with E-state index in [0.29, 0.717) is 52.1 Å². The average Bonchev–Trinajstić information content (AvgIpc) is 3.71. The number of hydrogen-bond donors (Lipinski definition) is 0. The fraction of sp³-hybridized carbons (Fsp3) is 0.576. The summed E-state index contributed by atoms with van der Waals surface area (Å²) in [5.74, 6) is -1.72. The number of likely N-dealkylation sites (tertiary alicyclic amines) is 1. The Morgan fingerprint density at radius 1 is 1.13 bits per heavy atom. The second-order valence-electron chi connectivity index (χ2n) is 14.7. The third-order valence-electron chi connectivity index (χ3n) is 9.47. The Hall–Kier alpha value is -3.96. The monoisotopic (exact) mass is 761 g/mol. The lowest BCUT2D eigenvalue weighted by Gasteiger charge is -2.52. The molecule has 2 fully saturated rings. The molecule has 6 rings (SSSR count). The molecule has 14 nitrogen and oxygen atoms in total. The van der Waals surface area contributed by atoms with E-state index in [1.165, 1.54) is 12.4 Å². The number of alkyl halides is 3. The number of piperidine rings is 1. The van der Waals surface area contributed by atoms with Crippen LogP contribution in [-0.4, -0.2) is 93.8 Å². The van der Waals surface area contributed by atoms with E-state index in [1.807, 2.05) is 27.7 Å². The molecule has 52 heavy (non-hydrogen) atoms. The number of fused-ring (bicyclic) bond motifs is 1. The van der Waals surface area contributed by atoms with E-state index in [2.05, 4.69) is 54.7 Å². The summed E-state index contributed by atoms with van der Waals surface area (Å²) in [4.78, 5) is 18.3. The SMILES string of the molecule is C[Si](C)(C)CCOCn1ccc2c(-c3cnn([C@]4(CC#N)C[C@@H](N5CCC(Oc6cc(COS(C)(=O)=O)nc(C(F)(F)F)n6)CC5)C4)c3)ncnc21. The summed E-state index contributed by atoms with van der Waals surface area (Å²) < 4.78 is 83.4. The smallest absolute Gasteiger partial charge is 0.451 e. The maximum Gasteiger partial charge on any atom is 0.451 e. The van der Waals surface area contributed by atoms with Crippen molar-refractivity contribution in [3.8, 4) is 23.2 Å². The molecule has 0 N–H and O–H groups in total. The summed E-state index contributed by atoms with van der Waals surface area (Å²) in [6.07, 6.45) is 5.55. The molecule has 1 aliphatic heterocycles. The predicted octanol–water partition coefficient (Wildman–Crippen LogP) is 5.21. The summed E-state index contributed by atoms with van der Waals surface area (Å²) >= 11 is 0. The molecule has 0 amide bonds. The van der Waals surface area contributed by atoms with Crippen LogP contribution in [0.3, 0.4) is 0 Å². The third-order valence-corrected chi connectivity index (χ3v) is 11.7. The number of nitrogens with zero attached hydrogens (tertiary/aromatic N) is 9. The zero-order chi connectivity index (χ0) is 37.3. The van der Waals surface area contributed by atoms with Gasteiger partial charge in [0.2, 0.25) is 11.7 Å². The summed E-state index contributed by atoms with van der Waals surface area (Å²) in [6, 6.07) is 6.77. The summed E-state index contributed by atoms with van der Waals surface area (Å²) in [6.45, 7) is 8.67. The van der Waals surface area contributed by atoms with Gasteiger partial charge in [-0.1, -0.05) is 19.6 Å². The summed E-state index contributed by atoms with van der Waals surface area (Å²) in [5, 5.41) is 15.4. The highest BCUT2D eigenvalue weighted by Crippen LogP contribution is 2.46. The van der Waals surface area contributed by atoms with Gasteiger partial charge in [-0.25, -0.2) is 15.0 Å². The Morgan fingerprint density at radius 3 is 2.56 bits per heavy atom. The van der Waals surface area contributed by atoms with Crippen molar-refractivity contribution in [2.45, 2.75) is 95.0 Å². The van der Waals surface area contributed by atoms with Gasteiger partial charge in [-0.05, 0) is 37.8 Å². The molecule has 5 heterocycles. The summed E-state index contributed by atoms with van der Waals surface area (Å²) in [5.41, 5.74) is 1.62. The Labute approximate surface area is 301 Å². The minimum Gasteiger partial charge on any atom is -0.474 e. The zero-order valence-electron chi connectivity index (χ0n) is 29.5. The van der Waals surface area contributed by atoms with Crippen molar-refractivity contribution in [3.63, 3.8) is 0 Å². The van der Waals surface area contributed by atoms with Gasteiger partial charge in [0, 0.05) is 63.2 Å². The number of hydrogen-bond acceptors (Lipinski definition) is 12. The van der Waals surface area contributed by atoms with E-state index in [-0.39, 0.29) is 24.0 Å². The number of halogens is 3. The average molecular weight is 762 g/mol. The van der Waals surface area contributed by atoms with Crippen LogP contribution in [0.15, 0.2) is 37.1 Å². The van der Waals surface area contributed by atoms with Crippen LogP contribution in [0.4, 0.5) is 13.2 Å². The molecule has 19 heteroatoms. The lowest BCUT2D eigenvalue weighted by atomic mass is 9.69. The highest BCUT2D eigenvalue weighted by Gasteiger charge is 2.49. The second kappa shape index (κ2) is 14.8. The standard InChI is InChI=1S/C33H42F3N9O5SSi/c1-51(46,47)49-20-24-15-28(42-31(41-24)33(34,35)36)50-26-5-10-43(11-6-26)25-16-32(17-25,8-9-37)45-19-23(18-40-45)29-27-7-12-44(30(27)39-21-38-29)22-48-13-14-52(2,3)4/h7,12,15,18-19,21,25-26H,5-6,8,10-11,13-14,16-17,20,22H2,1-4H3/t25-,32-. The van der Waals surface area contributed by atoms with E-state index < -0.39 is 48.4 Å². The third kappa shape index (κ3) is 8.97. The van der Waals surface area contributed by atoms with Gasteiger partial charge in [-0.3, -0.25) is 13.8 Å². The number of rotatable bonds is 14. The Balaban J connectivity index is 1.07. The van der Waals surface area contributed by atoms with Gasteiger partial charge in [0.25, 0.3) is 10.1 Å². The first-order chi connectivity index (χ1) is 24.5. The van der Waals surface area contributed by atoms with Gasteiger partial charge in [-0.2, -0.15) is 36.9 Å². The number of nitriles is 1. The van der Waals surface area contributed by atoms with E-state index in [0.717, 1.165) is 34.6 Å². The number of aromatic nitrogens is 7. The molecule has 2 aliphatic rings. The molecule has 4 aromatic heterocycles. The van der Waals surface area contributed by atoms with Gasteiger partial charge in [0.15, 0.2) is 0 Å². The number of ether oxygens (including phenoxy) is 2.